The molecule has 7 heteroatoms. The number of carbonyl (C=O) groups is 1. The molecule has 0 aliphatic carbocycles. The van der Waals surface area contributed by atoms with Crippen molar-refractivity contribution in [3.63, 3.8) is 0 Å². The van der Waals surface area contributed by atoms with Gasteiger partial charge in [0.15, 0.2) is 0 Å². The van der Waals surface area contributed by atoms with Crippen LogP contribution in [0.2, 0.25) is 0 Å². The number of nitrogens with zero attached hydrogens (tertiary/aromatic N) is 1. The lowest BCUT2D eigenvalue weighted by atomic mass is 10.3. The van der Waals surface area contributed by atoms with Gasteiger partial charge in [0.2, 0.25) is 0 Å². The molecule has 3 rings (SSSR count). The highest BCUT2D eigenvalue weighted by molar-refractivity contribution is 7.26. The van der Waals surface area contributed by atoms with Crippen molar-refractivity contribution in [3.8, 4) is 9.88 Å². The van der Waals surface area contributed by atoms with Crippen LogP contribution in [0, 0.1) is 0 Å². The molecular weight excluding hydrogens is 342 g/mol. The zero-order chi connectivity index (χ0) is 16.8. The second-order valence-corrected chi connectivity index (χ2v) is 7.26. The predicted octanol–water partition coefficient (Wildman–Crippen LogP) is 2.99. The Morgan fingerprint density at radius 3 is 2.83 bits per heavy atom. The van der Waals surface area contributed by atoms with Crippen LogP contribution in [0.5, 0.6) is 0 Å². The molecule has 0 unspecified atom stereocenters. The maximum atomic E-state index is 12.2. The van der Waals surface area contributed by atoms with Crippen LogP contribution in [0.25, 0.3) is 20.1 Å². The summed E-state index contributed by atoms with van der Waals surface area (Å²) in [6.45, 7) is 2.78. The van der Waals surface area contributed by atoms with Crippen molar-refractivity contribution >= 4 is 38.8 Å². The third-order valence-corrected chi connectivity index (χ3v) is 5.69. The predicted molar refractivity (Wildman–Crippen MR) is 100 cm³/mol. The van der Waals surface area contributed by atoms with Crippen molar-refractivity contribution in [2.45, 2.75) is 0 Å². The summed E-state index contributed by atoms with van der Waals surface area (Å²) in [5.41, 5.74) is 0.999. The van der Waals surface area contributed by atoms with Crippen LogP contribution < -0.4 is 10.6 Å². The van der Waals surface area contributed by atoms with Gasteiger partial charge in [0.25, 0.3) is 5.91 Å². The van der Waals surface area contributed by atoms with Gasteiger partial charge in [-0.3, -0.25) is 4.79 Å². The molecule has 1 amide bonds. The molecule has 24 heavy (non-hydrogen) atoms. The summed E-state index contributed by atoms with van der Waals surface area (Å²) in [6, 6.07) is 11.9. The smallest absolute Gasteiger partial charge is 0.261 e. The number of hydrogen-bond acceptors (Lipinski definition) is 6. The van der Waals surface area contributed by atoms with Gasteiger partial charge < -0.3 is 15.4 Å². The van der Waals surface area contributed by atoms with Crippen LogP contribution in [-0.2, 0) is 4.74 Å². The topological polar surface area (TPSA) is 63.2 Å². The number of thiazole rings is 1. The fourth-order valence-electron chi connectivity index (χ4n) is 2.20. The molecule has 0 aliphatic heterocycles. The zero-order valence-electron chi connectivity index (χ0n) is 13.4. The normalized spacial score (nSPS) is 11.0. The minimum atomic E-state index is -0.0408. The average Bonchev–Trinajstić information content (AvgIpc) is 3.24. The summed E-state index contributed by atoms with van der Waals surface area (Å²) in [4.78, 5) is 18.6. The molecule has 0 fully saturated rings. The third-order valence-electron chi connectivity index (χ3n) is 3.40. The summed E-state index contributed by atoms with van der Waals surface area (Å²) in [7, 11) is 1.67. The van der Waals surface area contributed by atoms with E-state index >= 15 is 0 Å². The van der Waals surface area contributed by atoms with E-state index in [1.54, 1.807) is 18.4 Å². The number of methoxy groups -OCH3 is 1. The monoisotopic (exact) mass is 361 g/mol. The molecule has 2 aromatic heterocycles. The molecule has 2 heterocycles. The number of thiophene rings is 1. The van der Waals surface area contributed by atoms with Crippen molar-refractivity contribution in [1.29, 1.82) is 0 Å². The Morgan fingerprint density at radius 1 is 1.12 bits per heavy atom. The first-order valence-corrected chi connectivity index (χ1v) is 9.35. The Hall–Kier alpha value is -1.80. The number of carbonyl (C=O) groups excluding carboxylic acids is 1. The van der Waals surface area contributed by atoms with E-state index in [0.29, 0.717) is 18.0 Å². The molecule has 2 N–H and O–H groups in total. The molecule has 5 nitrogen and oxygen atoms in total. The van der Waals surface area contributed by atoms with Gasteiger partial charge >= 0.3 is 0 Å². The lowest BCUT2D eigenvalue weighted by molar-refractivity contribution is 0.0957. The van der Waals surface area contributed by atoms with Gasteiger partial charge in [0.05, 0.1) is 26.6 Å². The van der Waals surface area contributed by atoms with Crippen LogP contribution in [-0.4, -0.2) is 44.2 Å². The summed E-state index contributed by atoms with van der Waals surface area (Å²) in [6.07, 6.45) is 0. The number of amides is 1. The number of para-hydroxylation sites is 1. The van der Waals surface area contributed by atoms with E-state index in [9.17, 15) is 4.79 Å². The van der Waals surface area contributed by atoms with Gasteiger partial charge in [-0.05, 0) is 24.3 Å². The number of benzene rings is 1. The number of aromatic nitrogens is 1. The minimum Gasteiger partial charge on any atom is -0.383 e. The number of rotatable bonds is 8. The fraction of sp³-hybridized carbons (Fsp3) is 0.294. The van der Waals surface area contributed by atoms with E-state index in [1.165, 1.54) is 11.3 Å². The molecule has 0 bridgehead atoms. The molecule has 126 valence electrons. The standard InChI is InChI=1S/C17H19N3O2S2/c1-22-11-10-18-8-9-19-16(21)14-6-7-15(23-14)17-20-12-4-2-3-5-13(12)24-17/h2-7,18H,8-11H2,1H3,(H,19,21). The van der Waals surface area contributed by atoms with Gasteiger partial charge in [0.1, 0.15) is 5.01 Å². The molecule has 0 spiro atoms. The Labute approximate surface area is 148 Å². The first-order chi connectivity index (χ1) is 11.8. The first kappa shape index (κ1) is 17.0. The van der Waals surface area contributed by atoms with E-state index < -0.39 is 0 Å². The lowest BCUT2D eigenvalue weighted by Gasteiger charge is -2.05. The van der Waals surface area contributed by atoms with Crippen LogP contribution in [0.3, 0.4) is 0 Å². The summed E-state index contributed by atoms with van der Waals surface area (Å²) >= 11 is 3.13. The average molecular weight is 361 g/mol. The molecule has 0 saturated heterocycles. The molecule has 0 saturated carbocycles. The van der Waals surface area contributed by atoms with Crippen LogP contribution >= 0.6 is 22.7 Å². The van der Waals surface area contributed by atoms with E-state index in [4.69, 9.17) is 4.74 Å². The number of nitrogens with one attached hydrogen (secondary N) is 2. The summed E-state index contributed by atoms with van der Waals surface area (Å²) < 4.78 is 6.11. The van der Waals surface area contributed by atoms with Crippen LogP contribution in [0.4, 0.5) is 0 Å². The third kappa shape index (κ3) is 4.18. The fourth-order valence-corrected chi connectivity index (χ4v) is 4.15. The number of fused-ring (bicyclic) bond motifs is 1. The highest BCUT2D eigenvalue weighted by Crippen LogP contribution is 2.34. The van der Waals surface area contributed by atoms with Gasteiger partial charge in [-0.2, -0.15) is 0 Å². The van der Waals surface area contributed by atoms with Crippen molar-refractivity contribution in [2.24, 2.45) is 0 Å². The molecule has 0 aliphatic rings. The highest BCUT2D eigenvalue weighted by atomic mass is 32.1. The second kappa shape index (κ2) is 8.34. The Morgan fingerprint density at radius 2 is 2.00 bits per heavy atom. The molecule has 0 atom stereocenters. The summed E-state index contributed by atoms with van der Waals surface area (Å²) in [5, 5.41) is 7.07. The second-order valence-electron chi connectivity index (χ2n) is 5.15. The number of ether oxygens (including phenoxy) is 1. The van der Waals surface area contributed by atoms with Gasteiger partial charge in [-0.25, -0.2) is 4.98 Å². The maximum Gasteiger partial charge on any atom is 0.261 e. The Balaban J connectivity index is 1.57. The van der Waals surface area contributed by atoms with E-state index in [-0.39, 0.29) is 5.91 Å². The van der Waals surface area contributed by atoms with Crippen molar-refractivity contribution in [1.82, 2.24) is 15.6 Å². The Bertz CT molecular complexity index is 780. The van der Waals surface area contributed by atoms with Crippen molar-refractivity contribution < 1.29 is 9.53 Å². The Kier molecular flexibility index (Phi) is 5.92. The molecule has 1 aromatic carbocycles. The zero-order valence-corrected chi connectivity index (χ0v) is 15.0. The van der Waals surface area contributed by atoms with Crippen LogP contribution in [0.15, 0.2) is 36.4 Å². The van der Waals surface area contributed by atoms with Gasteiger partial charge in [-0.15, -0.1) is 22.7 Å². The first-order valence-electron chi connectivity index (χ1n) is 7.71. The molecule has 0 radical (unpaired) electrons. The maximum absolute atomic E-state index is 12.2. The highest BCUT2D eigenvalue weighted by Gasteiger charge is 2.12. The van der Waals surface area contributed by atoms with Gasteiger partial charge in [-0.1, -0.05) is 12.1 Å². The largest absolute Gasteiger partial charge is 0.383 e. The van der Waals surface area contributed by atoms with Crippen molar-refractivity contribution in [3.05, 3.63) is 41.3 Å². The van der Waals surface area contributed by atoms with Crippen molar-refractivity contribution in [2.75, 3.05) is 33.4 Å². The van der Waals surface area contributed by atoms with Crippen LogP contribution in [0.1, 0.15) is 9.67 Å². The number of hydrogen-bond donors (Lipinski definition) is 2. The summed E-state index contributed by atoms with van der Waals surface area (Å²) in [5.74, 6) is -0.0408. The van der Waals surface area contributed by atoms with E-state index in [1.807, 2.05) is 30.3 Å². The quantitative estimate of drug-likeness (QED) is 0.606. The lowest BCUT2D eigenvalue weighted by Crippen LogP contribution is -2.32. The SMILES string of the molecule is COCCNCCNC(=O)c1ccc(-c2nc3ccccc3s2)s1. The molecular formula is C17H19N3O2S2. The minimum absolute atomic E-state index is 0.0408. The van der Waals surface area contributed by atoms with E-state index in [2.05, 4.69) is 21.7 Å². The molecule has 3 aromatic rings. The van der Waals surface area contributed by atoms with E-state index in [0.717, 1.165) is 33.2 Å². The van der Waals surface area contributed by atoms with Gasteiger partial charge in [0, 0.05) is 26.7 Å².